The molecule has 0 fully saturated rings. The van der Waals surface area contributed by atoms with Gasteiger partial charge in [-0.1, -0.05) is 39.0 Å². The van der Waals surface area contributed by atoms with E-state index in [4.69, 9.17) is 0 Å². The molecule has 0 bridgehead atoms. The zero-order chi connectivity index (χ0) is 19.4. The average Bonchev–Trinajstić information content (AvgIpc) is 3.10. The molecule has 0 radical (unpaired) electrons. The van der Waals surface area contributed by atoms with Gasteiger partial charge in [0.05, 0.1) is 11.3 Å². The van der Waals surface area contributed by atoms with Gasteiger partial charge in [0.1, 0.15) is 11.8 Å². The van der Waals surface area contributed by atoms with E-state index in [0.717, 1.165) is 11.3 Å². The topological polar surface area (TPSA) is 71.6 Å². The van der Waals surface area contributed by atoms with Gasteiger partial charge >= 0.3 is 0 Å². The molecule has 3 rings (SSSR count). The molecule has 0 amide bonds. The molecule has 3 aromatic rings. The molecule has 0 unspecified atom stereocenters. The lowest BCUT2D eigenvalue weighted by Gasteiger charge is -2.15. The van der Waals surface area contributed by atoms with Crippen LogP contribution >= 0.6 is 0 Å². The summed E-state index contributed by atoms with van der Waals surface area (Å²) in [7, 11) is 0. The van der Waals surface area contributed by atoms with E-state index in [1.54, 1.807) is 43.9 Å². The highest BCUT2D eigenvalue weighted by atomic mass is 16.1. The molecule has 0 aliphatic heterocycles. The van der Waals surface area contributed by atoms with Crippen molar-refractivity contribution in [3.8, 4) is 23.0 Å². The highest BCUT2D eigenvalue weighted by Gasteiger charge is 2.25. The fourth-order valence-corrected chi connectivity index (χ4v) is 2.64. The maximum atomic E-state index is 12.6. The number of para-hydroxylation sites is 1. The van der Waals surface area contributed by atoms with Crippen LogP contribution in [-0.4, -0.2) is 20.5 Å². The Morgan fingerprint density at radius 2 is 1.89 bits per heavy atom. The van der Waals surface area contributed by atoms with Crippen LogP contribution in [0, 0.1) is 16.7 Å². The summed E-state index contributed by atoms with van der Waals surface area (Å²) in [4.78, 5) is 16.8. The number of Topliss-reactive ketones (excluding diaryl/α,β-unsaturated/α-hetero) is 1. The summed E-state index contributed by atoms with van der Waals surface area (Å²) in [6, 6.07) is 15.5. The Labute approximate surface area is 158 Å². The molecule has 2 heterocycles. The van der Waals surface area contributed by atoms with E-state index in [9.17, 15) is 10.1 Å². The number of aromatic nitrogens is 3. The molecule has 2 aromatic heterocycles. The van der Waals surface area contributed by atoms with Crippen LogP contribution in [0.5, 0.6) is 0 Å². The molecule has 1 aromatic carbocycles. The minimum absolute atomic E-state index is 0.111. The standard InChI is InChI=1S/C22H20N4O/c1-22(2,3)21(27)17(13-23)12-18-15-26(19-9-5-4-6-10-19)25-20(18)16-8-7-11-24-14-16/h4-12,14-15H,1-3H3/b17-12+. The minimum atomic E-state index is -0.633. The number of nitrogens with zero attached hydrogens (tertiary/aromatic N) is 4. The Morgan fingerprint density at radius 1 is 1.15 bits per heavy atom. The van der Waals surface area contributed by atoms with Crippen molar-refractivity contribution in [1.82, 2.24) is 14.8 Å². The molecule has 5 nitrogen and oxygen atoms in total. The van der Waals surface area contributed by atoms with Gasteiger partial charge in [-0.05, 0) is 30.3 Å². The van der Waals surface area contributed by atoms with Crippen LogP contribution in [0.15, 0.2) is 66.6 Å². The largest absolute Gasteiger partial charge is 0.293 e. The summed E-state index contributed by atoms with van der Waals surface area (Å²) in [6.07, 6.45) is 6.84. The van der Waals surface area contributed by atoms with Crippen LogP contribution in [0.1, 0.15) is 26.3 Å². The van der Waals surface area contributed by atoms with E-state index in [2.05, 4.69) is 10.1 Å². The zero-order valence-corrected chi connectivity index (χ0v) is 15.5. The number of benzene rings is 1. The molecule has 27 heavy (non-hydrogen) atoms. The van der Waals surface area contributed by atoms with E-state index < -0.39 is 5.41 Å². The van der Waals surface area contributed by atoms with Crippen molar-refractivity contribution in [3.05, 3.63) is 72.2 Å². The normalized spacial score (nSPS) is 11.9. The van der Waals surface area contributed by atoms with Crippen molar-refractivity contribution in [2.75, 3.05) is 0 Å². The van der Waals surface area contributed by atoms with E-state index in [1.165, 1.54) is 0 Å². The van der Waals surface area contributed by atoms with Gasteiger partial charge in [0.2, 0.25) is 0 Å². The van der Waals surface area contributed by atoms with Gasteiger partial charge in [-0.25, -0.2) is 4.68 Å². The van der Waals surface area contributed by atoms with Crippen molar-refractivity contribution in [3.63, 3.8) is 0 Å². The Bertz CT molecular complexity index is 1020. The molecule has 0 aliphatic rings. The second-order valence-corrected chi connectivity index (χ2v) is 7.20. The van der Waals surface area contributed by atoms with E-state index in [1.807, 2.05) is 54.7 Å². The summed E-state index contributed by atoms with van der Waals surface area (Å²) < 4.78 is 1.74. The van der Waals surface area contributed by atoms with Gasteiger partial charge in [0.25, 0.3) is 0 Å². The molecule has 134 valence electrons. The van der Waals surface area contributed by atoms with Gasteiger partial charge < -0.3 is 0 Å². The summed E-state index contributed by atoms with van der Waals surface area (Å²) in [5, 5.41) is 14.2. The third-order valence-electron chi connectivity index (χ3n) is 4.04. The Hall–Kier alpha value is -3.52. The van der Waals surface area contributed by atoms with Crippen LogP contribution < -0.4 is 0 Å². The van der Waals surface area contributed by atoms with E-state index in [0.29, 0.717) is 11.3 Å². The molecular formula is C22H20N4O. The molecule has 5 heteroatoms. The van der Waals surface area contributed by atoms with E-state index in [-0.39, 0.29) is 11.4 Å². The van der Waals surface area contributed by atoms with Gasteiger partial charge in [0.15, 0.2) is 5.78 Å². The monoisotopic (exact) mass is 356 g/mol. The fraction of sp³-hybridized carbons (Fsp3) is 0.182. The number of rotatable bonds is 4. The smallest absolute Gasteiger partial charge is 0.178 e. The molecule has 0 aliphatic carbocycles. The number of allylic oxidation sites excluding steroid dienone is 1. The lowest BCUT2D eigenvalue weighted by atomic mass is 9.86. The third kappa shape index (κ3) is 4.01. The predicted octanol–water partition coefficient (Wildman–Crippen LogP) is 4.46. The van der Waals surface area contributed by atoms with Gasteiger partial charge in [0, 0.05) is 35.1 Å². The summed E-state index contributed by atoms with van der Waals surface area (Å²) in [6.45, 7) is 5.40. The minimum Gasteiger partial charge on any atom is -0.293 e. The highest BCUT2D eigenvalue weighted by molar-refractivity contribution is 6.06. The van der Waals surface area contributed by atoms with Crippen LogP contribution in [0.4, 0.5) is 0 Å². The second-order valence-electron chi connectivity index (χ2n) is 7.20. The van der Waals surface area contributed by atoms with Crippen LogP contribution in [-0.2, 0) is 4.79 Å². The van der Waals surface area contributed by atoms with Crippen molar-refractivity contribution in [2.45, 2.75) is 20.8 Å². The van der Waals surface area contributed by atoms with Gasteiger partial charge in [-0.2, -0.15) is 10.4 Å². The summed E-state index contributed by atoms with van der Waals surface area (Å²) in [5.74, 6) is -0.199. The van der Waals surface area contributed by atoms with Crippen LogP contribution in [0.3, 0.4) is 0 Å². The number of hydrogen-bond donors (Lipinski definition) is 0. The molecule has 0 atom stereocenters. The first-order valence-corrected chi connectivity index (χ1v) is 8.62. The number of ketones is 1. The SMILES string of the molecule is CC(C)(C)C(=O)/C(C#N)=C/c1cn(-c2ccccc2)nc1-c1cccnc1. The maximum Gasteiger partial charge on any atom is 0.178 e. The maximum absolute atomic E-state index is 12.6. The Morgan fingerprint density at radius 3 is 2.48 bits per heavy atom. The first kappa shape index (κ1) is 18.3. The first-order chi connectivity index (χ1) is 12.9. The number of carbonyl (C=O) groups excluding carboxylic acids is 1. The lowest BCUT2D eigenvalue weighted by Crippen LogP contribution is -2.21. The predicted molar refractivity (Wildman–Crippen MR) is 105 cm³/mol. The van der Waals surface area contributed by atoms with E-state index >= 15 is 0 Å². The quantitative estimate of drug-likeness (QED) is 0.511. The van der Waals surface area contributed by atoms with Crippen LogP contribution in [0.25, 0.3) is 23.0 Å². The van der Waals surface area contributed by atoms with Gasteiger partial charge in [-0.15, -0.1) is 0 Å². The number of carbonyl (C=O) groups is 1. The van der Waals surface area contributed by atoms with Crippen molar-refractivity contribution in [2.24, 2.45) is 5.41 Å². The number of hydrogen-bond acceptors (Lipinski definition) is 4. The third-order valence-corrected chi connectivity index (χ3v) is 4.04. The van der Waals surface area contributed by atoms with Crippen molar-refractivity contribution in [1.29, 1.82) is 5.26 Å². The average molecular weight is 356 g/mol. The zero-order valence-electron chi connectivity index (χ0n) is 15.5. The molecule has 0 saturated carbocycles. The van der Waals surface area contributed by atoms with Crippen molar-refractivity contribution >= 4 is 11.9 Å². The highest BCUT2D eigenvalue weighted by Crippen LogP contribution is 2.27. The van der Waals surface area contributed by atoms with Crippen LogP contribution in [0.2, 0.25) is 0 Å². The summed E-state index contributed by atoms with van der Waals surface area (Å²) in [5.41, 5.74) is 2.55. The summed E-state index contributed by atoms with van der Waals surface area (Å²) >= 11 is 0. The fourth-order valence-electron chi connectivity index (χ4n) is 2.64. The van der Waals surface area contributed by atoms with Gasteiger partial charge in [-0.3, -0.25) is 9.78 Å². The Kier molecular flexibility index (Phi) is 5.00. The molecule has 0 saturated heterocycles. The van der Waals surface area contributed by atoms with Crippen molar-refractivity contribution < 1.29 is 4.79 Å². The lowest BCUT2D eigenvalue weighted by molar-refractivity contribution is -0.121. The molecule has 0 N–H and O–H groups in total. The first-order valence-electron chi connectivity index (χ1n) is 8.62. The Balaban J connectivity index is 2.16. The number of nitriles is 1. The second kappa shape index (κ2) is 7.38. The number of pyridine rings is 1. The molecular weight excluding hydrogens is 336 g/mol. The molecule has 0 spiro atoms.